The molecule has 0 bridgehead atoms. The minimum Gasteiger partial charge on any atom is -0.494 e. The molecule has 1 fully saturated rings. The number of benzene rings is 1. The van der Waals surface area contributed by atoms with E-state index in [9.17, 15) is 13.2 Å². The minimum absolute atomic E-state index is 0.0326. The fourth-order valence-electron chi connectivity index (χ4n) is 3.43. The molecule has 0 unspecified atom stereocenters. The molecule has 9 heteroatoms. The van der Waals surface area contributed by atoms with Crippen LogP contribution in [-0.2, 0) is 14.8 Å². The largest absolute Gasteiger partial charge is 0.494 e. The number of aryl methyl sites for hydroxylation is 3. The highest BCUT2D eigenvalue weighted by molar-refractivity contribution is 7.89. The van der Waals surface area contributed by atoms with Gasteiger partial charge in [-0.3, -0.25) is 9.89 Å². The molecule has 158 valence electrons. The van der Waals surface area contributed by atoms with E-state index in [0.717, 1.165) is 5.75 Å². The fourth-order valence-corrected chi connectivity index (χ4v) is 5.19. The third kappa shape index (κ3) is 4.97. The maximum atomic E-state index is 12.9. The van der Waals surface area contributed by atoms with Gasteiger partial charge in [-0.2, -0.15) is 9.40 Å². The average Bonchev–Trinajstić information content (AvgIpc) is 3.05. The van der Waals surface area contributed by atoms with Gasteiger partial charge in [0.25, 0.3) is 0 Å². The number of nitrogens with one attached hydrogen (secondary N) is 1. The lowest BCUT2D eigenvalue weighted by Gasteiger charge is -2.34. The van der Waals surface area contributed by atoms with Gasteiger partial charge >= 0.3 is 0 Å². The Morgan fingerprint density at radius 3 is 2.34 bits per heavy atom. The quantitative estimate of drug-likeness (QED) is 0.692. The SMILES string of the molecule is Cc1ccc(OCCCC(=O)N2CCN(S(=O)(=O)c3c(C)n[nH]c3C)CC2)cc1. The number of carbonyl (C=O) groups is 1. The molecule has 1 amide bonds. The summed E-state index contributed by atoms with van der Waals surface area (Å²) in [5, 5.41) is 6.70. The number of amides is 1. The van der Waals surface area contributed by atoms with Crippen LogP contribution in [0.15, 0.2) is 29.2 Å². The first kappa shape index (κ1) is 21.3. The summed E-state index contributed by atoms with van der Waals surface area (Å²) < 4.78 is 32.8. The van der Waals surface area contributed by atoms with Crippen LogP contribution in [0.3, 0.4) is 0 Å². The topological polar surface area (TPSA) is 95.6 Å². The Kier molecular flexibility index (Phi) is 6.59. The molecular formula is C20H28N4O4S. The van der Waals surface area contributed by atoms with Crippen molar-refractivity contribution < 1.29 is 17.9 Å². The van der Waals surface area contributed by atoms with Crippen LogP contribution in [0.5, 0.6) is 5.75 Å². The first-order valence-corrected chi connectivity index (χ1v) is 11.2. The Bertz CT molecular complexity index is 926. The molecule has 1 aromatic carbocycles. The van der Waals surface area contributed by atoms with Gasteiger partial charge < -0.3 is 9.64 Å². The zero-order chi connectivity index (χ0) is 21.0. The number of sulfonamides is 1. The van der Waals surface area contributed by atoms with Crippen molar-refractivity contribution >= 4 is 15.9 Å². The Labute approximate surface area is 171 Å². The molecule has 0 atom stereocenters. The summed E-state index contributed by atoms with van der Waals surface area (Å²) in [7, 11) is -3.60. The van der Waals surface area contributed by atoms with Crippen LogP contribution in [0.4, 0.5) is 0 Å². The van der Waals surface area contributed by atoms with E-state index in [-0.39, 0.29) is 23.9 Å². The van der Waals surface area contributed by atoms with Crippen molar-refractivity contribution in [2.45, 2.75) is 38.5 Å². The monoisotopic (exact) mass is 420 g/mol. The zero-order valence-corrected chi connectivity index (χ0v) is 18.0. The van der Waals surface area contributed by atoms with Gasteiger partial charge in [0, 0.05) is 32.6 Å². The lowest BCUT2D eigenvalue weighted by Crippen LogP contribution is -2.50. The Balaban J connectivity index is 1.45. The number of piperazine rings is 1. The molecule has 0 radical (unpaired) electrons. The van der Waals surface area contributed by atoms with Gasteiger partial charge in [0.1, 0.15) is 10.6 Å². The third-order valence-corrected chi connectivity index (χ3v) is 7.24. The van der Waals surface area contributed by atoms with Crippen molar-refractivity contribution in [1.82, 2.24) is 19.4 Å². The van der Waals surface area contributed by atoms with Crippen molar-refractivity contribution in [3.05, 3.63) is 41.2 Å². The predicted molar refractivity (Wildman–Crippen MR) is 109 cm³/mol. The summed E-state index contributed by atoms with van der Waals surface area (Å²) in [6, 6.07) is 7.81. The number of nitrogens with zero attached hydrogens (tertiary/aromatic N) is 3. The van der Waals surface area contributed by atoms with Crippen molar-refractivity contribution in [2.24, 2.45) is 0 Å². The van der Waals surface area contributed by atoms with Crippen molar-refractivity contribution in [2.75, 3.05) is 32.8 Å². The highest BCUT2D eigenvalue weighted by Gasteiger charge is 2.33. The molecule has 8 nitrogen and oxygen atoms in total. The Morgan fingerprint density at radius 2 is 1.76 bits per heavy atom. The van der Waals surface area contributed by atoms with E-state index in [0.29, 0.717) is 43.9 Å². The van der Waals surface area contributed by atoms with E-state index in [4.69, 9.17) is 4.74 Å². The molecule has 2 aromatic rings. The number of hydrogen-bond acceptors (Lipinski definition) is 5. The summed E-state index contributed by atoms with van der Waals surface area (Å²) in [5.41, 5.74) is 2.18. The van der Waals surface area contributed by atoms with Gasteiger partial charge in [0.05, 0.1) is 18.0 Å². The number of H-pyrrole nitrogens is 1. The molecule has 0 aliphatic carbocycles. The van der Waals surface area contributed by atoms with E-state index in [1.54, 1.807) is 18.7 Å². The van der Waals surface area contributed by atoms with Crippen LogP contribution in [0, 0.1) is 20.8 Å². The van der Waals surface area contributed by atoms with Crippen LogP contribution in [0.25, 0.3) is 0 Å². The van der Waals surface area contributed by atoms with E-state index >= 15 is 0 Å². The maximum Gasteiger partial charge on any atom is 0.246 e. The third-order valence-electron chi connectivity index (χ3n) is 5.07. The molecule has 0 saturated carbocycles. The summed E-state index contributed by atoms with van der Waals surface area (Å²) in [6.07, 6.45) is 1.01. The molecular weight excluding hydrogens is 392 g/mol. The molecule has 1 saturated heterocycles. The average molecular weight is 421 g/mol. The smallest absolute Gasteiger partial charge is 0.246 e. The number of ether oxygens (including phenoxy) is 1. The van der Waals surface area contributed by atoms with Crippen LogP contribution in [0.2, 0.25) is 0 Å². The molecule has 1 N–H and O–H groups in total. The van der Waals surface area contributed by atoms with Crippen LogP contribution < -0.4 is 4.74 Å². The highest BCUT2D eigenvalue weighted by Crippen LogP contribution is 2.23. The van der Waals surface area contributed by atoms with Crippen molar-refractivity contribution in [3.63, 3.8) is 0 Å². The molecule has 0 spiro atoms. The van der Waals surface area contributed by atoms with Gasteiger partial charge in [-0.25, -0.2) is 8.42 Å². The Morgan fingerprint density at radius 1 is 1.10 bits per heavy atom. The first-order chi connectivity index (χ1) is 13.8. The number of carbonyl (C=O) groups excluding carboxylic acids is 1. The molecule has 29 heavy (non-hydrogen) atoms. The van der Waals surface area contributed by atoms with Crippen LogP contribution in [0.1, 0.15) is 29.8 Å². The minimum atomic E-state index is -3.60. The highest BCUT2D eigenvalue weighted by atomic mass is 32.2. The summed E-state index contributed by atoms with van der Waals surface area (Å²) in [6.45, 7) is 7.24. The second-order valence-electron chi connectivity index (χ2n) is 7.31. The van der Waals surface area contributed by atoms with Gasteiger partial charge in [-0.15, -0.1) is 0 Å². The lowest BCUT2D eigenvalue weighted by atomic mass is 10.2. The van der Waals surface area contributed by atoms with E-state index < -0.39 is 10.0 Å². The normalized spacial score (nSPS) is 15.5. The molecule has 1 aromatic heterocycles. The molecule has 1 aliphatic heterocycles. The standard InChI is InChI=1S/C20H28N4O4S/c1-15-6-8-18(9-7-15)28-14-4-5-19(25)23-10-12-24(13-11-23)29(26,27)20-16(2)21-22-17(20)3/h6-9H,4-5,10-14H2,1-3H3,(H,21,22). The predicted octanol–water partition coefficient (Wildman–Crippen LogP) is 2.03. The van der Waals surface area contributed by atoms with E-state index in [2.05, 4.69) is 10.2 Å². The van der Waals surface area contributed by atoms with Crippen molar-refractivity contribution in [1.29, 1.82) is 0 Å². The van der Waals surface area contributed by atoms with Crippen LogP contribution >= 0.6 is 0 Å². The molecule has 3 rings (SSSR count). The summed E-state index contributed by atoms with van der Waals surface area (Å²) >= 11 is 0. The van der Waals surface area contributed by atoms with Gasteiger partial charge in [-0.05, 0) is 39.3 Å². The number of aromatic nitrogens is 2. The second-order valence-corrected chi connectivity index (χ2v) is 9.19. The number of aromatic amines is 1. The lowest BCUT2D eigenvalue weighted by molar-refractivity contribution is -0.132. The zero-order valence-electron chi connectivity index (χ0n) is 17.1. The number of rotatable bonds is 7. The maximum absolute atomic E-state index is 12.9. The van der Waals surface area contributed by atoms with E-state index in [1.165, 1.54) is 9.87 Å². The van der Waals surface area contributed by atoms with Gasteiger partial charge in [0.2, 0.25) is 15.9 Å². The summed E-state index contributed by atoms with van der Waals surface area (Å²) in [5.74, 6) is 0.830. The molecule has 1 aliphatic rings. The Hall–Kier alpha value is -2.39. The number of hydrogen-bond donors (Lipinski definition) is 1. The second kappa shape index (κ2) is 8.96. The van der Waals surface area contributed by atoms with Crippen molar-refractivity contribution in [3.8, 4) is 5.75 Å². The van der Waals surface area contributed by atoms with Gasteiger partial charge in [-0.1, -0.05) is 17.7 Å². The molecule has 2 heterocycles. The first-order valence-electron chi connectivity index (χ1n) is 9.78. The summed E-state index contributed by atoms with van der Waals surface area (Å²) in [4.78, 5) is 14.4. The van der Waals surface area contributed by atoms with E-state index in [1.807, 2.05) is 31.2 Å². The fraction of sp³-hybridized carbons (Fsp3) is 0.500. The van der Waals surface area contributed by atoms with Gasteiger partial charge in [0.15, 0.2) is 0 Å². The van der Waals surface area contributed by atoms with Crippen LogP contribution in [-0.4, -0.2) is 66.5 Å².